The lowest BCUT2D eigenvalue weighted by Crippen LogP contribution is -2.32. The van der Waals surface area contributed by atoms with Crippen LogP contribution in [0.15, 0.2) is 42.5 Å². The van der Waals surface area contributed by atoms with Crippen LogP contribution in [0.25, 0.3) is 10.8 Å². The Hall–Kier alpha value is -1.87. The van der Waals surface area contributed by atoms with E-state index >= 15 is 0 Å². The Labute approximate surface area is 130 Å². The first-order chi connectivity index (χ1) is 10.7. The molecule has 22 heavy (non-hydrogen) atoms. The van der Waals surface area contributed by atoms with Gasteiger partial charge in [-0.15, -0.1) is 0 Å². The second kappa shape index (κ2) is 6.93. The highest BCUT2D eigenvalue weighted by atomic mass is 16.6. The van der Waals surface area contributed by atoms with E-state index in [4.69, 9.17) is 4.74 Å². The normalized spacial score (nSPS) is 22.8. The van der Waals surface area contributed by atoms with Gasteiger partial charge >= 0.3 is 5.97 Å². The Morgan fingerprint density at radius 3 is 2.50 bits per heavy atom. The van der Waals surface area contributed by atoms with E-state index in [-0.39, 0.29) is 12.1 Å². The number of carbonyl (C=O) groups is 1. The van der Waals surface area contributed by atoms with Crippen molar-refractivity contribution in [1.82, 2.24) is 0 Å². The van der Waals surface area contributed by atoms with Gasteiger partial charge in [-0.25, -0.2) is 4.79 Å². The molecule has 0 heterocycles. The maximum atomic E-state index is 12.4. The molecule has 2 atom stereocenters. The summed E-state index contributed by atoms with van der Waals surface area (Å²) in [7, 11) is 0. The molecule has 2 aromatic carbocycles. The molecule has 0 radical (unpaired) electrons. The number of rotatable bonds is 2. The monoisotopic (exact) mass is 298 g/mol. The summed E-state index contributed by atoms with van der Waals surface area (Å²) < 4.78 is 5.59. The van der Waals surface area contributed by atoms with E-state index in [0.717, 1.165) is 49.3 Å². The predicted molar refractivity (Wildman–Crippen MR) is 86.9 cm³/mol. The minimum atomic E-state index is -0.537. The van der Waals surface area contributed by atoms with E-state index < -0.39 is 6.10 Å². The van der Waals surface area contributed by atoms with E-state index in [1.165, 1.54) is 0 Å². The molecule has 0 aliphatic heterocycles. The Bertz CT molecular complexity index is 650. The Morgan fingerprint density at radius 2 is 1.68 bits per heavy atom. The van der Waals surface area contributed by atoms with Gasteiger partial charge in [0.2, 0.25) is 0 Å². The highest BCUT2D eigenvalue weighted by Gasteiger charge is 2.24. The molecule has 2 aromatic rings. The van der Waals surface area contributed by atoms with Gasteiger partial charge < -0.3 is 9.84 Å². The highest BCUT2D eigenvalue weighted by molar-refractivity contribution is 5.95. The van der Waals surface area contributed by atoms with Gasteiger partial charge in [-0.3, -0.25) is 0 Å². The van der Waals surface area contributed by atoms with E-state index in [9.17, 15) is 9.90 Å². The van der Waals surface area contributed by atoms with Crippen molar-refractivity contribution in [2.24, 2.45) is 0 Å². The molecule has 0 saturated heterocycles. The zero-order chi connectivity index (χ0) is 15.4. The van der Waals surface area contributed by atoms with E-state index in [1.54, 1.807) is 6.07 Å². The summed E-state index contributed by atoms with van der Waals surface area (Å²) >= 11 is 0. The fourth-order valence-corrected chi connectivity index (χ4v) is 3.09. The van der Waals surface area contributed by atoms with Crippen LogP contribution in [0.3, 0.4) is 0 Å². The SMILES string of the molecule is O=C(O[C@H]1CCCCCC[C@H]1O)c1ccc2ccccc2c1. The van der Waals surface area contributed by atoms with E-state index in [1.807, 2.05) is 36.4 Å². The van der Waals surface area contributed by atoms with Crippen LogP contribution in [0.1, 0.15) is 48.9 Å². The van der Waals surface area contributed by atoms with Crippen molar-refractivity contribution in [2.75, 3.05) is 0 Å². The molecule has 1 fully saturated rings. The molecule has 1 saturated carbocycles. The molecule has 1 N–H and O–H groups in total. The molecule has 0 spiro atoms. The topological polar surface area (TPSA) is 46.5 Å². The Morgan fingerprint density at radius 1 is 0.955 bits per heavy atom. The van der Waals surface area contributed by atoms with Crippen molar-refractivity contribution in [3.05, 3.63) is 48.0 Å². The van der Waals surface area contributed by atoms with Crippen molar-refractivity contribution in [3.63, 3.8) is 0 Å². The summed E-state index contributed by atoms with van der Waals surface area (Å²) in [5.74, 6) is -0.338. The van der Waals surface area contributed by atoms with Gasteiger partial charge in [0.25, 0.3) is 0 Å². The van der Waals surface area contributed by atoms with Gasteiger partial charge in [0.15, 0.2) is 0 Å². The molecule has 0 unspecified atom stereocenters. The number of carbonyl (C=O) groups excluding carboxylic acids is 1. The van der Waals surface area contributed by atoms with E-state index in [2.05, 4.69) is 0 Å². The van der Waals surface area contributed by atoms with Crippen molar-refractivity contribution in [2.45, 2.75) is 50.7 Å². The minimum Gasteiger partial charge on any atom is -0.456 e. The van der Waals surface area contributed by atoms with Crippen LogP contribution in [-0.4, -0.2) is 23.3 Å². The largest absolute Gasteiger partial charge is 0.456 e. The number of hydrogen-bond donors (Lipinski definition) is 1. The summed E-state index contributed by atoms with van der Waals surface area (Å²) in [5.41, 5.74) is 0.549. The van der Waals surface area contributed by atoms with Crippen LogP contribution in [-0.2, 0) is 4.74 Å². The van der Waals surface area contributed by atoms with Gasteiger partial charge in [0, 0.05) is 0 Å². The molecule has 1 aliphatic rings. The van der Waals surface area contributed by atoms with Crippen LogP contribution in [0.4, 0.5) is 0 Å². The predicted octanol–water partition coefficient (Wildman–Crippen LogP) is 4.08. The lowest BCUT2D eigenvalue weighted by Gasteiger charge is -2.25. The standard InChI is InChI=1S/C19H22O3/c20-17-9-3-1-2-4-10-18(17)22-19(21)16-12-11-14-7-5-6-8-15(14)13-16/h5-8,11-13,17-18,20H,1-4,9-10H2/t17-,18+/m1/s1. The summed E-state index contributed by atoms with van der Waals surface area (Å²) in [6.07, 6.45) is 4.87. The molecule has 0 bridgehead atoms. The maximum Gasteiger partial charge on any atom is 0.338 e. The summed E-state index contributed by atoms with van der Waals surface area (Å²) in [4.78, 5) is 12.4. The van der Waals surface area contributed by atoms with Gasteiger partial charge in [-0.05, 0) is 42.2 Å². The lowest BCUT2D eigenvalue weighted by atomic mass is 9.96. The number of ether oxygens (including phenoxy) is 1. The number of aliphatic hydroxyl groups excluding tert-OH is 1. The van der Waals surface area contributed by atoms with Gasteiger partial charge in [0.1, 0.15) is 6.10 Å². The van der Waals surface area contributed by atoms with Crippen LogP contribution in [0.5, 0.6) is 0 Å². The number of esters is 1. The summed E-state index contributed by atoms with van der Waals surface area (Å²) in [6, 6.07) is 13.5. The summed E-state index contributed by atoms with van der Waals surface area (Å²) in [6.45, 7) is 0. The van der Waals surface area contributed by atoms with Crippen molar-refractivity contribution in [1.29, 1.82) is 0 Å². The molecule has 1 aliphatic carbocycles. The molecule has 116 valence electrons. The maximum absolute atomic E-state index is 12.4. The first kappa shape index (κ1) is 15.0. The quantitative estimate of drug-likeness (QED) is 0.850. The second-order valence-corrected chi connectivity index (χ2v) is 6.06. The molecule has 3 rings (SSSR count). The number of fused-ring (bicyclic) bond motifs is 1. The van der Waals surface area contributed by atoms with Crippen LogP contribution < -0.4 is 0 Å². The fourth-order valence-electron chi connectivity index (χ4n) is 3.09. The summed E-state index contributed by atoms with van der Waals surface area (Å²) in [5, 5.41) is 12.3. The first-order valence-corrected chi connectivity index (χ1v) is 8.12. The average Bonchev–Trinajstić information content (AvgIpc) is 2.54. The highest BCUT2D eigenvalue weighted by Crippen LogP contribution is 2.22. The Kier molecular flexibility index (Phi) is 4.74. The third kappa shape index (κ3) is 3.47. The molecule has 3 heteroatoms. The van der Waals surface area contributed by atoms with Gasteiger partial charge in [-0.2, -0.15) is 0 Å². The minimum absolute atomic E-state index is 0.338. The Balaban J connectivity index is 1.74. The van der Waals surface area contributed by atoms with Crippen molar-refractivity contribution in [3.8, 4) is 0 Å². The third-order valence-corrected chi connectivity index (χ3v) is 4.41. The lowest BCUT2D eigenvalue weighted by molar-refractivity contribution is -0.0282. The van der Waals surface area contributed by atoms with Crippen LogP contribution in [0.2, 0.25) is 0 Å². The van der Waals surface area contributed by atoms with Gasteiger partial charge in [-0.1, -0.05) is 49.6 Å². The zero-order valence-electron chi connectivity index (χ0n) is 12.7. The molecule has 0 amide bonds. The van der Waals surface area contributed by atoms with Crippen molar-refractivity contribution >= 4 is 16.7 Å². The zero-order valence-corrected chi connectivity index (χ0v) is 12.7. The molecular weight excluding hydrogens is 276 g/mol. The number of hydrogen-bond acceptors (Lipinski definition) is 3. The second-order valence-electron chi connectivity index (χ2n) is 6.06. The third-order valence-electron chi connectivity index (χ3n) is 4.41. The number of aliphatic hydroxyl groups is 1. The van der Waals surface area contributed by atoms with E-state index in [0.29, 0.717) is 5.56 Å². The fraction of sp³-hybridized carbons (Fsp3) is 0.421. The first-order valence-electron chi connectivity index (χ1n) is 8.12. The average molecular weight is 298 g/mol. The smallest absolute Gasteiger partial charge is 0.338 e. The molecule has 3 nitrogen and oxygen atoms in total. The van der Waals surface area contributed by atoms with Crippen molar-refractivity contribution < 1.29 is 14.6 Å². The van der Waals surface area contributed by atoms with Crippen LogP contribution in [0, 0.1) is 0 Å². The molecule has 0 aromatic heterocycles. The van der Waals surface area contributed by atoms with Crippen LogP contribution >= 0.6 is 0 Å². The molecular formula is C19H22O3. The van der Waals surface area contributed by atoms with Gasteiger partial charge in [0.05, 0.1) is 11.7 Å². The number of benzene rings is 2.